The number of nitrogens with zero attached hydrogens (tertiary/aromatic N) is 2. The lowest BCUT2D eigenvalue weighted by Gasteiger charge is -2.08. The molecule has 0 bridgehead atoms. The average molecular weight is 424 g/mol. The zero-order chi connectivity index (χ0) is 18.0. The molecule has 2 aromatic heterocycles. The van der Waals surface area contributed by atoms with E-state index in [9.17, 15) is 13.2 Å². The number of anilines is 1. The van der Waals surface area contributed by atoms with Crippen LogP contribution in [0.5, 0.6) is 0 Å². The Bertz CT molecular complexity index is 1020. The summed E-state index contributed by atoms with van der Waals surface area (Å²) in [5.41, 5.74) is 1.01. The molecule has 1 N–H and O–H groups in total. The summed E-state index contributed by atoms with van der Waals surface area (Å²) >= 11 is 3.41. The van der Waals surface area contributed by atoms with Gasteiger partial charge in [-0.15, -0.1) is 0 Å². The van der Waals surface area contributed by atoms with Crippen LogP contribution in [0.1, 0.15) is 16.1 Å². The van der Waals surface area contributed by atoms with E-state index in [1.54, 1.807) is 16.9 Å². The molecule has 0 aliphatic heterocycles. The van der Waals surface area contributed by atoms with Crippen molar-refractivity contribution in [1.82, 2.24) is 9.78 Å². The fourth-order valence-corrected chi connectivity index (χ4v) is 3.20. The summed E-state index contributed by atoms with van der Waals surface area (Å²) in [6, 6.07) is 12.0. The number of carbonyl (C=O) groups excluding carboxylic acids is 1. The number of rotatable bonds is 5. The predicted molar refractivity (Wildman–Crippen MR) is 95.2 cm³/mol. The van der Waals surface area contributed by atoms with E-state index in [0.29, 0.717) is 12.4 Å². The summed E-state index contributed by atoms with van der Waals surface area (Å²) in [4.78, 5) is 12.3. The summed E-state index contributed by atoms with van der Waals surface area (Å²) in [6.45, 7) is 0.467. The molecule has 7 nitrogen and oxygen atoms in total. The van der Waals surface area contributed by atoms with E-state index in [4.69, 9.17) is 4.42 Å². The monoisotopic (exact) mass is 423 g/mol. The Morgan fingerprint density at radius 1 is 1.28 bits per heavy atom. The largest absolute Gasteiger partial charge is 0.440 e. The highest BCUT2D eigenvalue weighted by Crippen LogP contribution is 2.17. The van der Waals surface area contributed by atoms with Crippen LogP contribution in [0.4, 0.5) is 5.82 Å². The number of hydrogen-bond donors (Lipinski definition) is 1. The molecule has 25 heavy (non-hydrogen) atoms. The molecular formula is C16H14BrN3O4S. The molecule has 0 spiro atoms. The van der Waals surface area contributed by atoms with E-state index < -0.39 is 15.7 Å². The van der Waals surface area contributed by atoms with Crippen molar-refractivity contribution in [2.45, 2.75) is 11.6 Å². The smallest absolute Gasteiger partial charge is 0.292 e. The summed E-state index contributed by atoms with van der Waals surface area (Å²) in [5, 5.41) is 6.61. The van der Waals surface area contributed by atoms with E-state index in [-0.39, 0.29) is 10.9 Å². The maximum absolute atomic E-state index is 12.3. The second-order valence-corrected chi connectivity index (χ2v) is 8.21. The quantitative estimate of drug-likeness (QED) is 0.680. The van der Waals surface area contributed by atoms with Crippen molar-refractivity contribution in [2.24, 2.45) is 0 Å². The normalized spacial score (nSPS) is 11.4. The lowest BCUT2D eigenvalue weighted by atomic mass is 10.2. The van der Waals surface area contributed by atoms with Crippen LogP contribution in [0.15, 0.2) is 62.6 Å². The minimum atomic E-state index is -3.50. The van der Waals surface area contributed by atoms with Crippen molar-refractivity contribution in [3.8, 4) is 0 Å². The van der Waals surface area contributed by atoms with Gasteiger partial charge in [-0.1, -0.05) is 28.1 Å². The first kappa shape index (κ1) is 17.4. The Kier molecular flexibility index (Phi) is 4.78. The second-order valence-electron chi connectivity index (χ2n) is 5.35. The van der Waals surface area contributed by atoms with Crippen LogP contribution in [0.25, 0.3) is 0 Å². The van der Waals surface area contributed by atoms with Crippen molar-refractivity contribution >= 4 is 37.5 Å². The number of amides is 1. The molecule has 0 fully saturated rings. The van der Waals surface area contributed by atoms with Gasteiger partial charge in [0.05, 0.1) is 12.7 Å². The van der Waals surface area contributed by atoms with Crippen LogP contribution in [-0.2, 0) is 16.4 Å². The molecule has 0 atom stereocenters. The summed E-state index contributed by atoms with van der Waals surface area (Å²) < 4.78 is 30.5. The van der Waals surface area contributed by atoms with Gasteiger partial charge < -0.3 is 9.73 Å². The Morgan fingerprint density at radius 3 is 2.76 bits per heavy atom. The van der Waals surface area contributed by atoms with E-state index in [2.05, 4.69) is 26.3 Å². The molecule has 130 valence electrons. The lowest BCUT2D eigenvalue weighted by Crippen LogP contribution is -2.15. The third kappa shape index (κ3) is 4.18. The Morgan fingerprint density at radius 2 is 2.08 bits per heavy atom. The highest BCUT2D eigenvalue weighted by Gasteiger charge is 2.18. The second kappa shape index (κ2) is 6.85. The molecule has 2 heterocycles. The van der Waals surface area contributed by atoms with Crippen LogP contribution >= 0.6 is 15.9 Å². The molecule has 1 aromatic carbocycles. The molecule has 9 heteroatoms. The minimum absolute atomic E-state index is 0.0874. The summed E-state index contributed by atoms with van der Waals surface area (Å²) in [6.07, 6.45) is 2.58. The number of nitrogens with one attached hydrogen (secondary N) is 1. The highest BCUT2D eigenvalue weighted by atomic mass is 79.9. The summed E-state index contributed by atoms with van der Waals surface area (Å²) in [7, 11) is -3.50. The lowest BCUT2D eigenvalue weighted by molar-refractivity contribution is 0.0990. The predicted octanol–water partition coefficient (Wildman–Crippen LogP) is 2.94. The van der Waals surface area contributed by atoms with Crippen LogP contribution in [0.3, 0.4) is 0 Å². The molecule has 0 saturated carbocycles. The number of aromatic nitrogens is 2. The van der Waals surface area contributed by atoms with E-state index in [1.165, 1.54) is 12.1 Å². The number of furan rings is 1. The number of sulfone groups is 1. The van der Waals surface area contributed by atoms with Crippen molar-refractivity contribution in [2.75, 3.05) is 11.6 Å². The van der Waals surface area contributed by atoms with Gasteiger partial charge in [0.2, 0.25) is 14.9 Å². The molecule has 0 radical (unpaired) electrons. The molecule has 3 aromatic rings. The Labute approximate surface area is 152 Å². The third-order valence-electron chi connectivity index (χ3n) is 3.35. The van der Waals surface area contributed by atoms with E-state index in [0.717, 1.165) is 16.3 Å². The van der Waals surface area contributed by atoms with Crippen molar-refractivity contribution in [3.63, 3.8) is 0 Å². The third-order valence-corrected chi connectivity index (χ3v) is 4.79. The zero-order valence-electron chi connectivity index (χ0n) is 13.1. The SMILES string of the molecule is CS(=O)(=O)c1ccc(C(=O)Nc2ccnn2Cc2cccc(Br)c2)o1. The van der Waals surface area contributed by atoms with Gasteiger partial charge in [-0.25, -0.2) is 13.1 Å². The van der Waals surface area contributed by atoms with Gasteiger partial charge >= 0.3 is 0 Å². The highest BCUT2D eigenvalue weighted by molar-refractivity contribution is 9.10. The molecular weight excluding hydrogens is 410 g/mol. The van der Waals surface area contributed by atoms with Crippen LogP contribution < -0.4 is 5.32 Å². The van der Waals surface area contributed by atoms with Gasteiger partial charge in [0.15, 0.2) is 5.76 Å². The van der Waals surface area contributed by atoms with Crippen molar-refractivity contribution < 1.29 is 17.6 Å². The summed E-state index contributed by atoms with van der Waals surface area (Å²) in [5.74, 6) is -0.163. The standard InChI is InChI=1S/C16H14BrN3O4S/c1-25(22,23)15-6-5-13(24-15)16(21)19-14-7-8-18-20(14)10-11-3-2-4-12(17)9-11/h2-9H,10H2,1H3,(H,19,21). The maximum atomic E-state index is 12.3. The Hall–Kier alpha value is -2.39. The zero-order valence-corrected chi connectivity index (χ0v) is 15.5. The first-order valence-electron chi connectivity index (χ1n) is 7.20. The van der Waals surface area contributed by atoms with Crippen LogP contribution in [-0.4, -0.2) is 30.4 Å². The van der Waals surface area contributed by atoms with Gasteiger partial charge in [0, 0.05) is 16.8 Å². The molecule has 1 amide bonds. The Balaban J connectivity index is 1.77. The maximum Gasteiger partial charge on any atom is 0.292 e. The fourth-order valence-electron chi connectivity index (χ4n) is 2.19. The molecule has 0 aliphatic rings. The molecule has 0 saturated heterocycles. The van der Waals surface area contributed by atoms with Crippen molar-refractivity contribution in [3.05, 3.63) is 64.5 Å². The first-order valence-corrected chi connectivity index (χ1v) is 9.89. The van der Waals surface area contributed by atoms with E-state index in [1.807, 2.05) is 24.3 Å². The minimum Gasteiger partial charge on any atom is -0.440 e. The number of benzene rings is 1. The topological polar surface area (TPSA) is 94.2 Å². The average Bonchev–Trinajstić information content (AvgIpc) is 3.17. The van der Waals surface area contributed by atoms with Gasteiger partial charge in [0.1, 0.15) is 5.82 Å². The molecule has 3 rings (SSSR count). The van der Waals surface area contributed by atoms with Gasteiger partial charge in [0.25, 0.3) is 5.91 Å². The number of halogens is 1. The van der Waals surface area contributed by atoms with Gasteiger partial charge in [-0.05, 0) is 29.8 Å². The number of carbonyl (C=O) groups is 1. The van der Waals surface area contributed by atoms with Crippen LogP contribution in [0, 0.1) is 0 Å². The fraction of sp³-hybridized carbons (Fsp3) is 0.125. The molecule has 0 aliphatic carbocycles. The number of hydrogen-bond acceptors (Lipinski definition) is 5. The van der Waals surface area contributed by atoms with Crippen LogP contribution in [0.2, 0.25) is 0 Å². The molecule has 0 unspecified atom stereocenters. The van der Waals surface area contributed by atoms with Crippen molar-refractivity contribution in [1.29, 1.82) is 0 Å². The van der Waals surface area contributed by atoms with Gasteiger partial charge in [-0.2, -0.15) is 5.10 Å². The van der Waals surface area contributed by atoms with E-state index >= 15 is 0 Å². The van der Waals surface area contributed by atoms with Gasteiger partial charge in [-0.3, -0.25) is 4.79 Å². The first-order chi connectivity index (χ1) is 11.8.